The molecule has 2 aromatic rings. The molecule has 2 aliphatic rings. The zero-order valence-corrected chi connectivity index (χ0v) is 12.9. The Bertz CT molecular complexity index is 681. The molecule has 1 aliphatic heterocycles. The normalized spacial score (nSPS) is 19.2. The van der Waals surface area contributed by atoms with Gasteiger partial charge in [-0.25, -0.2) is 4.98 Å². The average molecular weight is 297 g/mol. The number of benzene rings is 1. The van der Waals surface area contributed by atoms with E-state index in [1.807, 2.05) is 0 Å². The highest BCUT2D eigenvalue weighted by molar-refractivity contribution is 5.94. The molecule has 22 heavy (non-hydrogen) atoms. The van der Waals surface area contributed by atoms with E-state index >= 15 is 0 Å². The van der Waals surface area contributed by atoms with Gasteiger partial charge < -0.3 is 9.88 Å². The summed E-state index contributed by atoms with van der Waals surface area (Å²) >= 11 is 0. The highest BCUT2D eigenvalue weighted by Gasteiger charge is 2.19. The van der Waals surface area contributed by atoms with Crippen LogP contribution in [0.25, 0.3) is 11.0 Å². The first-order valence-corrected chi connectivity index (χ1v) is 8.41. The molecule has 5 heteroatoms. The summed E-state index contributed by atoms with van der Waals surface area (Å²) in [6.07, 6.45) is 6.81. The molecule has 1 aliphatic carbocycles. The first-order chi connectivity index (χ1) is 10.9. The Morgan fingerprint density at radius 3 is 2.86 bits per heavy atom. The van der Waals surface area contributed by atoms with Crippen LogP contribution in [0.3, 0.4) is 0 Å². The van der Waals surface area contributed by atoms with Crippen LogP contribution in [0.15, 0.2) is 29.3 Å². The number of hydrogen-bond acceptors (Lipinski definition) is 4. The van der Waals surface area contributed by atoms with Crippen molar-refractivity contribution in [2.45, 2.75) is 38.6 Å². The molecule has 1 fully saturated rings. The summed E-state index contributed by atoms with van der Waals surface area (Å²) in [6.45, 7) is 2.80. The Morgan fingerprint density at radius 2 is 2.05 bits per heavy atom. The smallest absolute Gasteiger partial charge is 0.210 e. The summed E-state index contributed by atoms with van der Waals surface area (Å²) in [6, 6.07) is 8.40. The zero-order valence-electron chi connectivity index (χ0n) is 12.9. The molecule has 0 radical (unpaired) electrons. The lowest BCUT2D eigenvalue weighted by Gasteiger charge is -2.23. The number of nitrogens with one attached hydrogen (secondary N) is 2. The minimum atomic E-state index is 0.769. The molecule has 1 saturated carbocycles. The van der Waals surface area contributed by atoms with Crippen molar-refractivity contribution < 1.29 is 0 Å². The van der Waals surface area contributed by atoms with E-state index in [0.29, 0.717) is 0 Å². The van der Waals surface area contributed by atoms with Gasteiger partial charge in [0.1, 0.15) is 0 Å². The molecule has 2 heterocycles. The standard InChI is InChI=1S/C17H23N5/c1-2-6-13(7-3-1)12-22-15-9-5-4-8-14(15)20-17(22)21-16-18-10-11-19-16/h4-5,8-9,13H,1-3,6-7,10-12H2,(H2,18,19,20,21). The second-order valence-corrected chi connectivity index (χ2v) is 6.32. The van der Waals surface area contributed by atoms with E-state index in [-0.39, 0.29) is 0 Å². The fourth-order valence-corrected chi connectivity index (χ4v) is 3.57. The Hall–Kier alpha value is -2.04. The van der Waals surface area contributed by atoms with Crippen molar-refractivity contribution in [2.75, 3.05) is 18.4 Å². The molecule has 4 rings (SSSR count). The van der Waals surface area contributed by atoms with E-state index in [2.05, 4.69) is 44.5 Å². The van der Waals surface area contributed by atoms with Crippen molar-refractivity contribution in [3.05, 3.63) is 24.3 Å². The van der Waals surface area contributed by atoms with Gasteiger partial charge in [0, 0.05) is 13.1 Å². The highest BCUT2D eigenvalue weighted by Crippen LogP contribution is 2.28. The largest absolute Gasteiger partial charge is 0.354 e. The number of rotatable bonds is 3. The van der Waals surface area contributed by atoms with Crippen molar-refractivity contribution in [3.63, 3.8) is 0 Å². The van der Waals surface area contributed by atoms with Crippen LogP contribution in [-0.2, 0) is 6.54 Å². The number of anilines is 1. The summed E-state index contributed by atoms with van der Waals surface area (Å²) in [5.74, 6) is 2.53. The molecule has 0 unspecified atom stereocenters. The molecule has 0 bridgehead atoms. The molecule has 0 atom stereocenters. The van der Waals surface area contributed by atoms with Gasteiger partial charge in [-0.05, 0) is 30.9 Å². The van der Waals surface area contributed by atoms with Crippen LogP contribution in [0.5, 0.6) is 0 Å². The molecule has 2 N–H and O–H groups in total. The highest BCUT2D eigenvalue weighted by atomic mass is 15.3. The Labute approximate surface area is 130 Å². The van der Waals surface area contributed by atoms with Gasteiger partial charge in [0.2, 0.25) is 5.95 Å². The van der Waals surface area contributed by atoms with Crippen molar-refractivity contribution in [1.82, 2.24) is 14.9 Å². The second-order valence-electron chi connectivity index (χ2n) is 6.32. The van der Waals surface area contributed by atoms with E-state index in [9.17, 15) is 0 Å². The summed E-state index contributed by atoms with van der Waals surface area (Å²) < 4.78 is 2.34. The summed E-state index contributed by atoms with van der Waals surface area (Å²) in [7, 11) is 0. The molecular weight excluding hydrogens is 274 g/mol. The second kappa shape index (κ2) is 5.99. The minimum Gasteiger partial charge on any atom is -0.354 e. The van der Waals surface area contributed by atoms with Crippen LogP contribution in [0.2, 0.25) is 0 Å². The first kappa shape index (κ1) is 13.6. The van der Waals surface area contributed by atoms with E-state index in [1.165, 1.54) is 37.6 Å². The van der Waals surface area contributed by atoms with E-state index in [4.69, 9.17) is 4.98 Å². The van der Waals surface area contributed by atoms with E-state index < -0.39 is 0 Å². The number of aliphatic imine (C=N–C) groups is 1. The third-order valence-electron chi connectivity index (χ3n) is 4.72. The Kier molecular flexibility index (Phi) is 3.70. The number of para-hydroxylation sites is 2. The number of aromatic nitrogens is 2. The fraction of sp³-hybridized carbons (Fsp3) is 0.529. The Morgan fingerprint density at radius 1 is 1.18 bits per heavy atom. The third-order valence-corrected chi connectivity index (χ3v) is 4.72. The maximum Gasteiger partial charge on any atom is 0.210 e. The summed E-state index contributed by atoms with van der Waals surface area (Å²) in [5.41, 5.74) is 2.27. The van der Waals surface area contributed by atoms with Crippen molar-refractivity contribution in [1.29, 1.82) is 0 Å². The Balaban J connectivity index is 1.66. The van der Waals surface area contributed by atoms with Gasteiger partial charge in [0.05, 0.1) is 17.6 Å². The predicted octanol–water partition coefficient (Wildman–Crippen LogP) is 2.99. The fourth-order valence-electron chi connectivity index (χ4n) is 3.57. The first-order valence-electron chi connectivity index (χ1n) is 8.41. The number of fused-ring (bicyclic) bond motifs is 1. The zero-order chi connectivity index (χ0) is 14.8. The monoisotopic (exact) mass is 297 g/mol. The molecule has 1 aromatic carbocycles. The van der Waals surface area contributed by atoms with Crippen LogP contribution in [0.4, 0.5) is 5.95 Å². The van der Waals surface area contributed by atoms with Gasteiger partial charge in [-0.15, -0.1) is 0 Å². The van der Waals surface area contributed by atoms with Crippen LogP contribution >= 0.6 is 0 Å². The molecule has 0 amide bonds. The van der Waals surface area contributed by atoms with Gasteiger partial charge in [0.15, 0.2) is 5.96 Å². The number of hydrogen-bond donors (Lipinski definition) is 2. The quantitative estimate of drug-likeness (QED) is 0.915. The van der Waals surface area contributed by atoms with E-state index in [0.717, 1.165) is 43.0 Å². The lowest BCUT2D eigenvalue weighted by Crippen LogP contribution is -2.28. The SMILES string of the molecule is c1ccc2c(c1)nc(NC1=NCCN1)n2CC1CCCCC1. The van der Waals surface area contributed by atoms with Crippen LogP contribution in [0, 0.1) is 5.92 Å². The molecule has 0 spiro atoms. The van der Waals surface area contributed by atoms with Gasteiger partial charge in [-0.3, -0.25) is 10.3 Å². The molecule has 5 nitrogen and oxygen atoms in total. The molecule has 1 aromatic heterocycles. The van der Waals surface area contributed by atoms with E-state index in [1.54, 1.807) is 0 Å². The maximum absolute atomic E-state index is 4.77. The van der Waals surface area contributed by atoms with Gasteiger partial charge in [0.25, 0.3) is 0 Å². The minimum absolute atomic E-state index is 0.769. The van der Waals surface area contributed by atoms with Gasteiger partial charge >= 0.3 is 0 Å². The van der Waals surface area contributed by atoms with Crippen LogP contribution < -0.4 is 10.6 Å². The number of imidazole rings is 1. The maximum atomic E-state index is 4.77. The predicted molar refractivity (Wildman–Crippen MR) is 90.2 cm³/mol. The lowest BCUT2D eigenvalue weighted by atomic mass is 9.89. The van der Waals surface area contributed by atoms with Crippen molar-refractivity contribution >= 4 is 22.9 Å². The molecule has 0 saturated heterocycles. The van der Waals surface area contributed by atoms with Gasteiger partial charge in [-0.2, -0.15) is 0 Å². The number of nitrogens with zero attached hydrogens (tertiary/aromatic N) is 3. The summed E-state index contributed by atoms with van der Waals surface area (Å²) in [5, 5.41) is 6.65. The van der Waals surface area contributed by atoms with Crippen LogP contribution in [0.1, 0.15) is 32.1 Å². The summed E-state index contributed by atoms with van der Waals surface area (Å²) in [4.78, 5) is 9.20. The average Bonchev–Trinajstić information content (AvgIpc) is 3.18. The van der Waals surface area contributed by atoms with Crippen molar-refractivity contribution in [2.24, 2.45) is 10.9 Å². The van der Waals surface area contributed by atoms with Crippen LogP contribution in [-0.4, -0.2) is 28.6 Å². The molecule has 116 valence electrons. The molecular formula is C17H23N5. The number of guanidine groups is 1. The third kappa shape index (κ3) is 2.67. The van der Waals surface area contributed by atoms with Crippen molar-refractivity contribution in [3.8, 4) is 0 Å². The topological polar surface area (TPSA) is 54.2 Å². The lowest BCUT2D eigenvalue weighted by molar-refractivity contribution is 0.323. The van der Waals surface area contributed by atoms with Gasteiger partial charge in [-0.1, -0.05) is 31.4 Å².